The fraction of sp³-hybridized carbons (Fsp3) is 0.533. The molecule has 1 fully saturated rings. The SMILES string of the molecule is CN(C)C(=O)CCN1CCN(c2ccc(N)cc2)CC1. The zero-order valence-electron chi connectivity index (χ0n) is 12.4. The van der Waals surface area contributed by atoms with Crippen molar-refractivity contribution in [1.82, 2.24) is 9.80 Å². The van der Waals surface area contributed by atoms with Crippen molar-refractivity contribution in [2.24, 2.45) is 0 Å². The summed E-state index contributed by atoms with van der Waals surface area (Å²) in [6.07, 6.45) is 0.606. The van der Waals surface area contributed by atoms with Gasteiger partial charge in [0.1, 0.15) is 0 Å². The Morgan fingerprint density at radius 3 is 2.30 bits per heavy atom. The Balaban J connectivity index is 1.77. The van der Waals surface area contributed by atoms with Gasteiger partial charge < -0.3 is 15.5 Å². The first kappa shape index (κ1) is 14.7. The van der Waals surface area contributed by atoms with E-state index in [0.717, 1.165) is 38.4 Å². The molecule has 2 rings (SSSR count). The van der Waals surface area contributed by atoms with Gasteiger partial charge in [0.25, 0.3) is 0 Å². The van der Waals surface area contributed by atoms with Crippen molar-refractivity contribution in [2.45, 2.75) is 6.42 Å². The number of piperazine rings is 1. The molecule has 20 heavy (non-hydrogen) atoms. The summed E-state index contributed by atoms with van der Waals surface area (Å²) in [5.74, 6) is 0.200. The smallest absolute Gasteiger partial charge is 0.223 e. The highest BCUT2D eigenvalue weighted by Gasteiger charge is 2.17. The Labute approximate surface area is 120 Å². The topological polar surface area (TPSA) is 52.8 Å². The molecule has 0 saturated carbocycles. The number of nitrogens with zero attached hydrogens (tertiary/aromatic N) is 3. The average molecular weight is 276 g/mol. The minimum atomic E-state index is 0.200. The van der Waals surface area contributed by atoms with Gasteiger partial charge in [-0.25, -0.2) is 0 Å². The van der Waals surface area contributed by atoms with Crippen LogP contribution in [0.2, 0.25) is 0 Å². The molecule has 1 aromatic carbocycles. The number of nitrogens with two attached hydrogens (primary N) is 1. The Hall–Kier alpha value is -1.75. The molecular weight excluding hydrogens is 252 g/mol. The Kier molecular flexibility index (Phi) is 4.84. The monoisotopic (exact) mass is 276 g/mol. The highest BCUT2D eigenvalue weighted by molar-refractivity contribution is 5.75. The van der Waals surface area contributed by atoms with Crippen LogP contribution in [-0.2, 0) is 4.79 Å². The number of hydrogen-bond acceptors (Lipinski definition) is 4. The third-order valence-corrected chi connectivity index (χ3v) is 3.77. The van der Waals surface area contributed by atoms with Crippen LogP contribution < -0.4 is 10.6 Å². The first-order chi connectivity index (χ1) is 9.56. The molecule has 1 aliphatic rings. The molecule has 0 radical (unpaired) electrons. The highest BCUT2D eigenvalue weighted by atomic mass is 16.2. The summed E-state index contributed by atoms with van der Waals surface area (Å²) in [6.45, 7) is 4.86. The van der Waals surface area contributed by atoms with E-state index >= 15 is 0 Å². The molecular formula is C15H24N4O. The highest BCUT2D eigenvalue weighted by Crippen LogP contribution is 2.18. The lowest BCUT2D eigenvalue weighted by Gasteiger charge is -2.36. The number of carbonyl (C=O) groups excluding carboxylic acids is 1. The fourth-order valence-electron chi connectivity index (χ4n) is 2.39. The van der Waals surface area contributed by atoms with Crippen LogP contribution in [0.3, 0.4) is 0 Å². The van der Waals surface area contributed by atoms with E-state index < -0.39 is 0 Å². The third kappa shape index (κ3) is 3.87. The van der Waals surface area contributed by atoms with Crippen LogP contribution in [0.5, 0.6) is 0 Å². The largest absolute Gasteiger partial charge is 0.399 e. The van der Waals surface area contributed by atoms with E-state index in [9.17, 15) is 4.79 Å². The Morgan fingerprint density at radius 2 is 1.75 bits per heavy atom. The molecule has 0 bridgehead atoms. The van der Waals surface area contributed by atoms with Crippen LogP contribution in [-0.4, -0.2) is 62.5 Å². The van der Waals surface area contributed by atoms with Gasteiger partial charge in [-0.2, -0.15) is 0 Å². The Morgan fingerprint density at radius 1 is 1.15 bits per heavy atom. The van der Waals surface area contributed by atoms with E-state index in [1.807, 2.05) is 12.1 Å². The maximum absolute atomic E-state index is 11.6. The standard InChI is InChI=1S/C15H24N4O/c1-17(2)15(20)7-8-18-9-11-19(12-10-18)14-5-3-13(16)4-6-14/h3-6H,7-12,16H2,1-2H3. The number of hydrogen-bond donors (Lipinski definition) is 1. The van der Waals surface area contributed by atoms with Crippen molar-refractivity contribution >= 4 is 17.3 Å². The minimum absolute atomic E-state index is 0.200. The van der Waals surface area contributed by atoms with Crippen molar-refractivity contribution in [3.05, 3.63) is 24.3 Å². The van der Waals surface area contributed by atoms with Crippen LogP contribution >= 0.6 is 0 Å². The molecule has 0 aromatic heterocycles. The van der Waals surface area contributed by atoms with Gasteiger partial charge in [0.05, 0.1) is 0 Å². The van der Waals surface area contributed by atoms with Gasteiger partial charge in [0.15, 0.2) is 0 Å². The number of benzene rings is 1. The molecule has 1 saturated heterocycles. The van der Waals surface area contributed by atoms with Gasteiger partial charge in [-0.15, -0.1) is 0 Å². The molecule has 1 aromatic rings. The first-order valence-corrected chi connectivity index (χ1v) is 7.09. The second-order valence-corrected chi connectivity index (χ2v) is 5.46. The van der Waals surface area contributed by atoms with Gasteiger partial charge in [-0.05, 0) is 24.3 Å². The molecule has 1 amide bonds. The lowest BCUT2D eigenvalue weighted by atomic mass is 10.2. The average Bonchev–Trinajstić information content (AvgIpc) is 2.46. The maximum Gasteiger partial charge on any atom is 0.223 e. The quantitative estimate of drug-likeness (QED) is 0.829. The van der Waals surface area contributed by atoms with Crippen molar-refractivity contribution in [2.75, 3.05) is 57.5 Å². The predicted molar refractivity (Wildman–Crippen MR) is 82.8 cm³/mol. The molecule has 0 spiro atoms. The molecule has 1 heterocycles. The summed E-state index contributed by atoms with van der Waals surface area (Å²) >= 11 is 0. The number of carbonyl (C=O) groups is 1. The van der Waals surface area contributed by atoms with E-state index in [1.54, 1.807) is 19.0 Å². The van der Waals surface area contributed by atoms with Crippen LogP contribution in [0.15, 0.2) is 24.3 Å². The van der Waals surface area contributed by atoms with Crippen LogP contribution in [0.4, 0.5) is 11.4 Å². The summed E-state index contributed by atoms with van der Waals surface area (Å²) in [4.78, 5) is 18.0. The summed E-state index contributed by atoms with van der Waals surface area (Å²) in [6, 6.07) is 8.02. The van der Waals surface area contributed by atoms with Crippen LogP contribution in [0.1, 0.15) is 6.42 Å². The second kappa shape index (κ2) is 6.61. The van der Waals surface area contributed by atoms with E-state index in [2.05, 4.69) is 21.9 Å². The second-order valence-electron chi connectivity index (χ2n) is 5.46. The Bertz CT molecular complexity index is 436. The van der Waals surface area contributed by atoms with Crippen molar-refractivity contribution in [3.8, 4) is 0 Å². The van der Waals surface area contributed by atoms with Gasteiger partial charge in [0, 0.05) is 64.6 Å². The zero-order chi connectivity index (χ0) is 14.5. The van der Waals surface area contributed by atoms with E-state index in [4.69, 9.17) is 5.73 Å². The van der Waals surface area contributed by atoms with Crippen molar-refractivity contribution < 1.29 is 4.79 Å². The molecule has 5 heteroatoms. The zero-order valence-corrected chi connectivity index (χ0v) is 12.4. The summed E-state index contributed by atoms with van der Waals surface area (Å²) in [5.41, 5.74) is 7.73. The third-order valence-electron chi connectivity index (χ3n) is 3.77. The summed E-state index contributed by atoms with van der Waals surface area (Å²) in [5, 5.41) is 0. The van der Waals surface area contributed by atoms with Crippen molar-refractivity contribution in [1.29, 1.82) is 0 Å². The maximum atomic E-state index is 11.6. The predicted octanol–water partition coefficient (Wildman–Crippen LogP) is 0.869. The molecule has 0 atom stereocenters. The number of rotatable bonds is 4. The molecule has 5 nitrogen and oxygen atoms in total. The lowest BCUT2D eigenvalue weighted by Crippen LogP contribution is -2.47. The van der Waals surface area contributed by atoms with E-state index in [1.165, 1.54) is 5.69 Å². The number of anilines is 2. The fourth-order valence-corrected chi connectivity index (χ4v) is 2.39. The summed E-state index contributed by atoms with van der Waals surface area (Å²) < 4.78 is 0. The van der Waals surface area contributed by atoms with Gasteiger partial charge in [-0.3, -0.25) is 9.69 Å². The van der Waals surface area contributed by atoms with Crippen molar-refractivity contribution in [3.63, 3.8) is 0 Å². The van der Waals surface area contributed by atoms with Gasteiger partial charge in [-0.1, -0.05) is 0 Å². The van der Waals surface area contributed by atoms with E-state index in [0.29, 0.717) is 6.42 Å². The van der Waals surface area contributed by atoms with E-state index in [-0.39, 0.29) is 5.91 Å². The number of nitrogen functional groups attached to an aromatic ring is 1. The van der Waals surface area contributed by atoms with Crippen LogP contribution in [0.25, 0.3) is 0 Å². The number of amides is 1. The first-order valence-electron chi connectivity index (χ1n) is 7.09. The molecule has 2 N–H and O–H groups in total. The lowest BCUT2D eigenvalue weighted by molar-refractivity contribution is -0.129. The molecule has 1 aliphatic heterocycles. The van der Waals surface area contributed by atoms with Gasteiger partial charge >= 0.3 is 0 Å². The molecule has 110 valence electrons. The molecule has 0 aliphatic carbocycles. The van der Waals surface area contributed by atoms with Gasteiger partial charge in [0.2, 0.25) is 5.91 Å². The normalized spacial score (nSPS) is 16.2. The van der Waals surface area contributed by atoms with Crippen LogP contribution in [0, 0.1) is 0 Å². The minimum Gasteiger partial charge on any atom is -0.399 e. The molecule has 0 unspecified atom stereocenters. The summed E-state index contributed by atoms with van der Waals surface area (Å²) in [7, 11) is 3.61.